The summed E-state index contributed by atoms with van der Waals surface area (Å²) >= 11 is 0. The predicted molar refractivity (Wildman–Crippen MR) is 109 cm³/mol. The third-order valence-corrected chi connectivity index (χ3v) is 3.98. The highest BCUT2D eigenvalue weighted by Gasteiger charge is 2.31. The van der Waals surface area contributed by atoms with Crippen LogP contribution in [0.2, 0.25) is 0 Å². The molecule has 31 heavy (non-hydrogen) atoms. The quantitative estimate of drug-likeness (QED) is 0.652. The summed E-state index contributed by atoms with van der Waals surface area (Å²) in [5, 5.41) is 13.6. The molecule has 0 aliphatic carbocycles. The first kappa shape index (κ1) is 23.7. The van der Waals surface area contributed by atoms with Crippen LogP contribution in [0.3, 0.4) is 0 Å². The maximum absolute atomic E-state index is 13.1. The van der Waals surface area contributed by atoms with Crippen LogP contribution < -0.4 is 10.6 Å². The summed E-state index contributed by atoms with van der Waals surface area (Å²) in [6.45, 7) is 4.93. The molecule has 0 heterocycles. The molecule has 0 aliphatic heterocycles. The van der Waals surface area contributed by atoms with Gasteiger partial charge in [-0.15, -0.1) is 0 Å². The average Bonchev–Trinajstić information content (AvgIpc) is 2.65. The summed E-state index contributed by atoms with van der Waals surface area (Å²) in [7, 11) is 0. The Morgan fingerprint density at radius 3 is 2.19 bits per heavy atom. The number of alkyl halides is 3. The third-order valence-electron chi connectivity index (χ3n) is 3.98. The highest BCUT2D eigenvalue weighted by Crippen LogP contribution is 2.34. The van der Waals surface area contributed by atoms with E-state index in [1.165, 1.54) is 0 Å². The van der Waals surface area contributed by atoms with E-state index in [4.69, 9.17) is 10.00 Å². The fourth-order valence-electron chi connectivity index (χ4n) is 2.56. The van der Waals surface area contributed by atoms with Crippen molar-refractivity contribution in [3.8, 4) is 6.07 Å². The molecule has 0 aliphatic rings. The van der Waals surface area contributed by atoms with Gasteiger partial charge < -0.3 is 10.1 Å². The van der Waals surface area contributed by atoms with Crippen molar-refractivity contribution in [1.82, 2.24) is 0 Å². The van der Waals surface area contributed by atoms with Crippen molar-refractivity contribution in [3.63, 3.8) is 0 Å². The van der Waals surface area contributed by atoms with Gasteiger partial charge in [0.05, 0.1) is 28.6 Å². The molecule has 2 rings (SSSR count). The molecule has 2 amide bonds. The molecule has 0 saturated carbocycles. The molecule has 0 fully saturated rings. The highest BCUT2D eigenvalue weighted by atomic mass is 19.4. The minimum absolute atomic E-state index is 0.00593. The number of hydrogen-bond donors (Lipinski definition) is 2. The highest BCUT2D eigenvalue weighted by molar-refractivity contribution is 5.98. The van der Waals surface area contributed by atoms with E-state index in [9.17, 15) is 22.8 Å². The van der Waals surface area contributed by atoms with Gasteiger partial charge in [-0.3, -0.25) is 10.1 Å². The molecule has 9 heteroatoms. The van der Waals surface area contributed by atoms with Crippen molar-refractivity contribution in [2.75, 3.05) is 10.6 Å². The Morgan fingerprint density at radius 1 is 1.00 bits per heavy atom. The number of rotatable bonds is 5. The number of benzene rings is 2. The lowest BCUT2D eigenvalue weighted by Crippen LogP contribution is -2.27. The zero-order valence-electron chi connectivity index (χ0n) is 17.3. The van der Waals surface area contributed by atoms with Gasteiger partial charge in [-0.1, -0.05) is 12.1 Å². The van der Waals surface area contributed by atoms with Crippen molar-refractivity contribution in [1.29, 1.82) is 5.26 Å². The largest absolute Gasteiger partial charge is 0.444 e. The molecule has 0 bridgehead atoms. The van der Waals surface area contributed by atoms with E-state index in [0.717, 1.165) is 23.8 Å². The van der Waals surface area contributed by atoms with Gasteiger partial charge in [-0.05, 0) is 63.1 Å². The third kappa shape index (κ3) is 7.66. The molecule has 0 radical (unpaired) electrons. The number of nitrogens with zero attached hydrogens (tertiary/aromatic N) is 1. The second kappa shape index (κ2) is 9.51. The fraction of sp³-hybridized carbons (Fsp3) is 0.318. The first-order valence-electron chi connectivity index (χ1n) is 9.37. The molecule has 2 aromatic carbocycles. The Labute approximate surface area is 178 Å². The number of hydrogen-bond acceptors (Lipinski definition) is 4. The van der Waals surface area contributed by atoms with Gasteiger partial charge in [0.25, 0.3) is 0 Å². The molecule has 0 atom stereocenters. The van der Waals surface area contributed by atoms with Gasteiger partial charge in [-0.2, -0.15) is 18.4 Å². The van der Waals surface area contributed by atoms with Crippen molar-refractivity contribution >= 4 is 23.4 Å². The van der Waals surface area contributed by atoms with Gasteiger partial charge in [0.2, 0.25) is 5.91 Å². The van der Waals surface area contributed by atoms with E-state index in [1.807, 2.05) is 6.07 Å². The van der Waals surface area contributed by atoms with Crippen LogP contribution in [0.25, 0.3) is 0 Å². The lowest BCUT2D eigenvalue weighted by Gasteiger charge is -2.21. The summed E-state index contributed by atoms with van der Waals surface area (Å²) in [5.41, 5.74) is -0.704. The molecule has 164 valence electrons. The Morgan fingerprint density at radius 2 is 1.65 bits per heavy atom. The van der Waals surface area contributed by atoms with E-state index in [-0.39, 0.29) is 17.8 Å². The number of nitrogens with one attached hydrogen (secondary N) is 2. The standard InChI is InChI=1S/C22H22F3N3O3/c1-21(2,3)31-20(30)28-17-10-9-16(22(23,24)25)12-18(17)27-19(29)11-8-14-4-6-15(13-26)7-5-14/h4-7,9-10,12H,8,11H2,1-3H3,(H,27,29)(H,28,30). The van der Waals surface area contributed by atoms with Crippen LogP contribution in [0.4, 0.5) is 29.3 Å². The van der Waals surface area contributed by atoms with E-state index in [0.29, 0.717) is 12.0 Å². The molecular weight excluding hydrogens is 411 g/mol. The number of ether oxygens (including phenoxy) is 1. The lowest BCUT2D eigenvalue weighted by atomic mass is 10.1. The molecule has 0 aromatic heterocycles. The van der Waals surface area contributed by atoms with Gasteiger partial charge in [0.15, 0.2) is 0 Å². The smallest absolute Gasteiger partial charge is 0.416 e. The van der Waals surface area contributed by atoms with E-state index in [2.05, 4.69) is 10.6 Å². The van der Waals surface area contributed by atoms with Crippen LogP contribution >= 0.6 is 0 Å². The number of anilines is 2. The zero-order chi connectivity index (χ0) is 23.2. The molecule has 0 unspecified atom stereocenters. The van der Waals surface area contributed by atoms with Crippen molar-refractivity contribution in [2.45, 2.75) is 45.4 Å². The maximum atomic E-state index is 13.1. The summed E-state index contributed by atoms with van der Waals surface area (Å²) in [4.78, 5) is 24.4. The van der Waals surface area contributed by atoms with Crippen LogP contribution in [0.5, 0.6) is 0 Å². The van der Waals surface area contributed by atoms with Crippen LogP contribution in [0.15, 0.2) is 42.5 Å². The van der Waals surface area contributed by atoms with Gasteiger partial charge in [0.1, 0.15) is 5.60 Å². The number of carbonyl (C=O) groups excluding carboxylic acids is 2. The van der Waals surface area contributed by atoms with E-state index in [1.54, 1.807) is 45.0 Å². The molecule has 2 aromatic rings. The summed E-state index contributed by atoms with van der Waals surface area (Å²) in [5.74, 6) is -0.532. The predicted octanol–water partition coefficient (Wildman–Crippen LogP) is 5.50. The SMILES string of the molecule is CC(C)(C)OC(=O)Nc1ccc(C(F)(F)F)cc1NC(=O)CCc1ccc(C#N)cc1. The normalized spacial score (nSPS) is 11.4. The topological polar surface area (TPSA) is 91.2 Å². The van der Waals surface area contributed by atoms with Gasteiger partial charge in [-0.25, -0.2) is 4.79 Å². The Balaban J connectivity index is 2.15. The van der Waals surface area contributed by atoms with E-state index >= 15 is 0 Å². The molecule has 6 nitrogen and oxygen atoms in total. The number of amides is 2. The number of aryl methyl sites for hydroxylation is 1. The minimum atomic E-state index is -4.62. The van der Waals surface area contributed by atoms with Crippen molar-refractivity contribution in [3.05, 3.63) is 59.2 Å². The fourth-order valence-corrected chi connectivity index (χ4v) is 2.56. The molecule has 2 N–H and O–H groups in total. The number of carbonyl (C=O) groups is 2. The first-order valence-corrected chi connectivity index (χ1v) is 9.37. The second-order valence-corrected chi connectivity index (χ2v) is 7.74. The zero-order valence-corrected chi connectivity index (χ0v) is 17.3. The summed E-state index contributed by atoms with van der Waals surface area (Å²) < 4.78 is 44.4. The van der Waals surface area contributed by atoms with Crippen LogP contribution in [-0.2, 0) is 22.1 Å². The number of halogens is 3. The van der Waals surface area contributed by atoms with Gasteiger partial charge >= 0.3 is 12.3 Å². The maximum Gasteiger partial charge on any atom is 0.416 e. The molecule has 0 spiro atoms. The molecule has 0 saturated heterocycles. The lowest BCUT2D eigenvalue weighted by molar-refractivity contribution is -0.137. The van der Waals surface area contributed by atoms with Gasteiger partial charge in [0, 0.05) is 6.42 Å². The summed E-state index contributed by atoms with van der Waals surface area (Å²) in [6, 6.07) is 11.2. The Bertz CT molecular complexity index is 988. The second-order valence-electron chi connectivity index (χ2n) is 7.74. The number of nitriles is 1. The van der Waals surface area contributed by atoms with Crippen molar-refractivity contribution in [2.24, 2.45) is 0 Å². The van der Waals surface area contributed by atoms with Crippen LogP contribution in [-0.4, -0.2) is 17.6 Å². The van der Waals surface area contributed by atoms with Crippen molar-refractivity contribution < 1.29 is 27.5 Å². The van der Waals surface area contributed by atoms with E-state index < -0.39 is 29.3 Å². The first-order chi connectivity index (χ1) is 14.4. The van der Waals surface area contributed by atoms with Crippen LogP contribution in [0, 0.1) is 11.3 Å². The summed E-state index contributed by atoms with van der Waals surface area (Å²) in [6.07, 6.45) is -5.16. The molecular formula is C22H22F3N3O3. The Hall–Kier alpha value is -3.54. The monoisotopic (exact) mass is 433 g/mol. The average molecular weight is 433 g/mol. The minimum Gasteiger partial charge on any atom is -0.444 e. The Kier molecular flexibility index (Phi) is 7.28. The van der Waals surface area contributed by atoms with Crippen LogP contribution in [0.1, 0.15) is 43.9 Å².